The Kier molecular flexibility index (Phi) is 6.40. The molecule has 0 aliphatic rings. The number of nitrogens with one attached hydrogen (secondary N) is 1. The number of rotatable bonds is 8. The van der Waals surface area contributed by atoms with E-state index in [9.17, 15) is 0 Å². The summed E-state index contributed by atoms with van der Waals surface area (Å²) in [4.78, 5) is 7.24. The minimum absolute atomic E-state index is 0.335. The summed E-state index contributed by atoms with van der Waals surface area (Å²) < 4.78 is 5.44. The fourth-order valence-corrected chi connectivity index (χ4v) is 3.58. The zero-order chi connectivity index (χ0) is 19.4. The molecule has 27 heavy (non-hydrogen) atoms. The summed E-state index contributed by atoms with van der Waals surface area (Å²) >= 11 is 6.21. The van der Waals surface area contributed by atoms with Crippen LogP contribution in [0, 0.1) is 0 Å². The Morgan fingerprint density at radius 2 is 1.85 bits per heavy atom. The van der Waals surface area contributed by atoms with Crippen molar-refractivity contribution in [1.82, 2.24) is 9.88 Å². The third-order valence-electron chi connectivity index (χ3n) is 5.11. The third kappa shape index (κ3) is 4.45. The summed E-state index contributed by atoms with van der Waals surface area (Å²) in [5, 5.41) is 6.58. The maximum atomic E-state index is 6.21. The first-order chi connectivity index (χ1) is 13.0. The summed E-state index contributed by atoms with van der Waals surface area (Å²) in [6.07, 6.45) is 1.07. The lowest BCUT2D eigenvalue weighted by atomic mass is 10.1. The highest BCUT2D eigenvalue weighted by atomic mass is 35.5. The van der Waals surface area contributed by atoms with E-state index in [4.69, 9.17) is 21.3 Å². The number of aromatic nitrogens is 1. The standard InChI is InChI=1S/C22H28ClN3O/c1-5-26(6-2)12-11-15(3)24-22-18-9-7-16(23)13-21(18)25-20-10-8-17(27-4)14-19(20)22/h7-10,13-15H,5-6,11-12H2,1-4H3,(H,24,25). The molecule has 1 N–H and O–H groups in total. The predicted octanol–water partition coefficient (Wildman–Crippen LogP) is 5.58. The van der Waals surface area contributed by atoms with E-state index < -0.39 is 0 Å². The lowest BCUT2D eigenvalue weighted by Crippen LogP contribution is -2.28. The molecule has 0 saturated carbocycles. The van der Waals surface area contributed by atoms with Crippen LogP contribution in [0.1, 0.15) is 27.2 Å². The lowest BCUT2D eigenvalue weighted by molar-refractivity contribution is 0.295. The lowest BCUT2D eigenvalue weighted by Gasteiger charge is -2.23. The number of methoxy groups -OCH3 is 1. The first kappa shape index (κ1) is 19.7. The van der Waals surface area contributed by atoms with Gasteiger partial charge in [0.15, 0.2) is 0 Å². The van der Waals surface area contributed by atoms with Crippen molar-refractivity contribution >= 4 is 39.1 Å². The molecule has 0 aliphatic carbocycles. The Bertz CT molecular complexity index is 924. The van der Waals surface area contributed by atoms with E-state index >= 15 is 0 Å². The Hall–Kier alpha value is -2.04. The average molecular weight is 386 g/mol. The highest BCUT2D eigenvalue weighted by molar-refractivity contribution is 6.31. The quantitative estimate of drug-likeness (QED) is 0.513. The average Bonchev–Trinajstić information content (AvgIpc) is 2.68. The summed E-state index contributed by atoms with van der Waals surface area (Å²) in [5.74, 6) is 0.830. The van der Waals surface area contributed by atoms with Gasteiger partial charge in [0.1, 0.15) is 5.75 Å². The van der Waals surface area contributed by atoms with E-state index in [1.807, 2.05) is 30.3 Å². The largest absolute Gasteiger partial charge is 0.497 e. The Morgan fingerprint density at radius 3 is 2.56 bits per heavy atom. The first-order valence-corrected chi connectivity index (χ1v) is 9.99. The molecule has 1 heterocycles. The van der Waals surface area contributed by atoms with Crippen molar-refractivity contribution in [3.05, 3.63) is 41.4 Å². The van der Waals surface area contributed by atoms with Crippen LogP contribution in [-0.4, -0.2) is 42.7 Å². The van der Waals surface area contributed by atoms with Crippen LogP contribution in [0.5, 0.6) is 5.75 Å². The number of nitrogens with zero attached hydrogens (tertiary/aromatic N) is 2. The van der Waals surface area contributed by atoms with Gasteiger partial charge in [0.2, 0.25) is 0 Å². The van der Waals surface area contributed by atoms with Gasteiger partial charge in [-0.25, -0.2) is 4.98 Å². The minimum Gasteiger partial charge on any atom is -0.497 e. The molecular weight excluding hydrogens is 358 g/mol. The molecule has 0 spiro atoms. The second-order valence-corrected chi connectivity index (χ2v) is 7.33. The van der Waals surface area contributed by atoms with Gasteiger partial charge in [0.25, 0.3) is 0 Å². The van der Waals surface area contributed by atoms with Crippen molar-refractivity contribution in [3.8, 4) is 5.75 Å². The molecule has 1 aromatic heterocycles. The smallest absolute Gasteiger partial charge is 0.119 e. The van der Waals surface area contributed by atoms with Gasteiger partial charge < -0.3 is 15.0 Å². The number of ether oxygens (including phenoxy) is 1. The van der Waals surface area contributed by atoms with Gasteiger partial charge in [-0.1, -0.05) is 25.4 Å². The van der Waals surface area contributed by atoms with Gasteiger partial charge in [-0.2, -0.15) is 0 Å². The Balaban J connectivity index is 2.01. The zero-order valence-electron chi connectivity index (χ0n) is 16.6. The molecule has 3 rings (SSSR count). The Labute approximate surface area is 166 Å². The van der Waals surface area contributed by atoms with Gasteiger partial charge in [0, 0.05) is 28.4 Å². The summed E-state index contributed by atoms with van der Waals surface area (Å²) in [5.41, 5.74) is 2.93. The van der Waals surface area contributed by atoms with Crippen molar-refractivity contribution in [1.29, 1.82) is 0 Å². The second-order valence-electron chi connectivity index (χ2n) is 6.89. The number of anilines is 1. The van der Waals surface area contributed by atoms with Crippen LogP contribution in [0.25, 0.3) is 21.8 Å². The van der Waals surface area contributed by atoms with Gasteiger partial charge in [-0.05, 0) is 62.8 Å². The molecule has 0 fully saturated rings. The first-order valence-electron chi connectivity index (χ1n) is 9.61. The molecule has 144 valence electrons. The van der Waals surface area contributed by atoms with Gasteiger partial charge in [0.05, 0.1) is 23.8 Å². The molecule has 1 atom stereocenters. The summed E-state index contributed by atoms with van der Waals surface area (Å²) in [6.45, 7) is 9.90. The van der Waals surface area contributed by atoms with Crippen LogP contribution in [0.2, 0.25) is 5.02 Å². The molecule has 0 radical (unpaired) electrons. The fourth-order valence-electron chi connectivity index (χ4n) is 3.41. The summed E-state index contributed by atoms with van der Waals surface area (Å²) in [7, 11) is 1.69. The van der Waals surface area contributed by atoms with Crippen molar-refractivity contribution in [2.45, 2.75) is 33.2 Å². The van der Waals surface area contributed by atoms with E-state index in [1.54, 1.807) is 7.11 Å². The summed E-state index contributed by atoms with van der Waals surface area (Å²) in [6, 6.07) is 12.2. The number of hydrogen-bond donors (Lipinski definition) is 1. The van der Waals surface area contributed by atoms with Crippen LogP contribution < -0.4 is 10.1 Å². The van der Waals surface area contributed by atoms with Gasteiger partial charge in [-0.15, -0.1) is 0 Å². The molecule has 4 nitrogen and oxygen atoms in total. The molecule has 3 aromatic rings. The van der Waals surface area contributed by atoms with Crippen LogP contribution >= 0.6 is 11.6 Å². The van der Waals surface area contributed by atoms with Crippen molar-refractivity contribution < 1.29 is 4.74 Å². The van der Waals surface area contributed by atoms with Gasteiger partial charge >= 0.3 is 0 Å². The van der Waals surface area contributed by atoms with E-state index in [0.29, 0.717) is 11.1 Å². The van der Waals surface area contributed by atoms with Crippen LogP contribution in [0.4, 0.5) is 5.69 Å². The molecule has 0 aliphatic heterocycles. The zero-order valence-corrected chi connectivity index (χ0v) is 17.3. The molecule has 2 aromatic carbocycles. The van der Waals surface area contributed by atoms with E-state index in [-0.39, 0.29) is 0 Å². The highest BCUT2D eigenvalue weighted by Gasteiger charge is 2.13. The number of hydrogen-bond acceptors (Lipinski definition) is 4. The molecule has 5 heteroatoms. The van der Waals surface area contributed by atoms with Crippen molar-refractivity contribution in [3.63, 3.8) is 0 Å². The van der Waals surface area contributed by atoms with E-state index in [2.05, 4.69) is 37.1 Å². The molecule has 1 unspecified atom stereocenters. The predicted molar refractivity (Wildman–Crippen MR) is 116 cm³/mol. The second kappa shape index (κ2) is 8.77. The molecule has 0 saturated heterocycles. The normalized spacial score (nSPS) is 12.7. The highest BCUT2D eigenvalue weighted by Crippen LogP contribution is 2.34. The van der Waals surface area contributed by atoms with Crippen LogP contribution in [-0.2, 0) is 0 Å². The van der Waals surface area contributed by atoms with E-state index in [1.165, 1.54) is 0 Å². The maximum absolute atomic E-state index is 6.21. The maximum Gasteiger partial charge on any atom is 0.119 e. The third-order valence-corrected chi connectivity index (χ3v) is 5.34. The van der Waals surface area contributed by atoms with Crippen LogP contribution in [0.3, 0.4) is 0 Å². The number of pyridine rings is 1. The number of fused-ring (bicyclic) bond motifs is 2. The van der Waals surface area contributed by atoms with E-state index in [0.717, 1.165) is 59.3 Å². The minimum atomic E-state index is 0.335. The molecule has 0 bridgehead atoms. The van der Waals surface area contributed by atoms with Crippen LogP contribution in [0.15, 0.2) is 36.4 Å². The van der Waals surface area contributed by atoms with Crippen molar-refractivity contribution in [2.24, 2.45) is 0 Å². The Morgan fingerprint density at radius 1 is 1.07 bits per heavy atom. The monoisotopic (exact) mass is 385 g/mol. The number of halogens is 1. The van der Waals surface area contributed by atoms with Gasteiger partial charge in [-0.3, -0.25) is 0 Å². The molecular formula is C22H28ClN3O. The number of benzene rings is 2. The topological polar surface area (TPSA) is 37.4 Å². The SMILES string of the molecule is CCN(CC)CCC(C)Nc1c2ccc(Cl)cc2nc2ccc(OC)cc12. The van der Waals surface area contributed by atoms with Crippen molar-refractivity contribution in [2.75, 3.05) is 32.1 Å². The fraction of sp³-hybridized carbons (Fsp3) is 0.409. The molecule has 0 amide bonds.